The Kier molecular flexibility index (Phi) is 7.56. The van der Waals surface area contributed by atoms with Crippen molar-refractivity contribution >= 4 is 55.7 Å². The molecule has 0 radical (unpaired) electrons. The van der Waals surface area contributed by atoms with Gasteiger partial charge in [-0.05, 0) is 54.6 Å². The molecule has 1 atom stereocenters. The topological polar surface area (TPSA) is 154 Å². The van der Waals surface area contributed by atoms with Crippen molar-refractivity contribution in [2.24, 2.45) is 11.5 Å². The molecule has 5 aromatic rings. The molecule has 9 nitrogen and oxygen atoms in total. The number of hydrogen-bond donors (Lipinski definition) is 4. The number of carbonyl (C=O) groups is 1. The summed E-state index contributed by atoms with van der Waals surface area (Å²) in [6.07, 6.45) is 4.56. The molecule has 0 bridgehead atoms. The Morgan fingerprint density at radius 2 is 1.90 bits per heavy atom. The minimum Gasteiger partial charge on any atom is -0.455 e. The number of hydrogen-bond acceptors (Lipinski definition) is 6. The quantitative estimate of drug-likeness (QED) is 0.199. The van der Waals surface area contributed by atoms with Crippen LogP contribution in [0.2, 0.25) is 0 Å². The number of halogens is 1. The van der Waals surface area contributed by atoms with Crippen molar-refractivity contribution in [3.8, 4) is 17.4 Å². The zero-order chi connectivity index (χ0) is 30.1. The van der Waals surface area contributed by atoms with Gasteiger partial charge in [-0.2, -0.15) is 5.26 Å². The third-order valence-electron chi connectivity index (χ3n) is 6.99. The van der Waals surface area contributed by atoms with Crippen LogP contribution < -0.4 is 21.1 Å². The maximum absolute atomic E-state index is 13.7. The SMILES string of the molecule is CNC(=O)c1c(-c2ccc(F)cc2)oc2cc(N(C)S(C)=O)c(C(/C=C(\N)c3cc4c(C#N)cccc4[nH]3)=C/N)cc12. The predicted molar refractivity (Wildman–Crippen MR) is 165 cm³/mol. The number of H-pyrrole nitrogens is 1. The Labute approximate surface area is 243 Å². The molecule has 3 aromatic carbocycles. The van der Waals surface area contributed by atoms with E-state index in [2.05, 4.69) is 16.4 Å². The van der Waals surface area contributed by atoms with Crippen LogP contribution in [0.15, 0.2) is 77.4 Å². The first-order chi connectivity index (χ1) is 20.2. The summed E-state index contributed by atoms with van der Waals surface area (Å²) in [5.74, 6) is -0.569. The van der Waals surface area contributed by atoms with E-state index in [1.807, 2.05) is 6.07 Å². The Balaban J connectivity index is 1.73. The summed E-state index contributed by atoms with van der Waals surface area (Å²) in [6, 6.07) is 18.4. The van der Waals surface area contributed by atoms with E-state index in [0.717, 1.165) is 10.9 Å². The van der Waals surface area contributed by atoms with E-state index in [-0.39, 0.29) is 11.3 Å². The van der Waals surface area contributed by atoms with Gasteiger partial charge in [-0.25, -0.2) is 8.60 Å². The lowest BCUT2D eigenvalue weighted by Crippen LogP contribution is -2.20. The summed E-state index contributed by atoms with van der Waals surface area (Å²) < 4.78 is 34.0. The number of anilines is 1. The number of amides is 1. The number of fused-ring (bicyclic) bond motifs is 2. The summed E-state index contributed by atoms with van der Waals surface area (Å²) in [5, 5.41) is 13.3. The fourth-order valence-corrected chi connectivity index (χ4v) is 5.21. The molecular formula is C31H27FN6O3S. The smallest absolute Gasteiger partial charge is 0.255 e. The monoisotopic (exact) mass is 582 g/mol. The lowest BCUT2D eigenvalue weighted by atomic mass is 9.98. The van der Waals surface area contributed by atoms with Gasteiger partial charge in [0.05, 0.1) is 34.3 Å². The maximum Gasteiger partial charge on any atom is 0.255 e. The molecular weight excluding hydrogens is 555 g/mol. The second kappa shape index (κ2) is 11.3. The number of allylic oxidation sites excluding steroid dienone is 2. The van der Waals surface area contributed by atoms with E-state index in [1.165, 1.54) is 43.8 Å². The van der Waals surface area contributed by atoms with Crippen LogP contribution in [0.5, 0.6) is 0 Å². The first-order valence-corrected chi connectivity index (χ1v) is 14.3. The van der Waals surface area contributed by atoms with Gasteiger partial charge in [0.1, 0.15) is 28.1 Å². The standard InChI is InChI=1S/C31H27FN6O3S/c1-36-31(39)29-23-12-22(19(16-34)11-24(35)26-13-21-18(15-33)5-4-6-25(21)37-26)27(38(2)42(3)40)14-28(23)41-30(29)17-7-9-20(32)10-8-17/h4-14,16,37H,34-35H2,1-3H3,(H,36,39)/b19-16+,24-11-. The number of nitrogens with zero attached hydrogens (tertiary/aromatic N) is 2. The minimum absolute atomic E-state index is 0.250. The number of aromatic nitrogens is 1. The molecule has 5 rings (SSSR count). The Morgan fingerprint density at radius 1 is 1.17 bits per heavy atom. The molecule has 0 saturated carbocycles. The number of nitrogens with two attached hydrogens (primary N) is 2. The highest BCUT2D eigenvalue weighted by atomic mass is 32.2. The highest BCUT2D eigenvalue weighted by Crippen LogP contribution is 2.40. The van der Waals surface area contributed by atoms with E-state index in [4.69, 9.17) is 15.9 Å². The number of aromatic amines is 1. The van der Waals surface area contributed by atoms with Crippen LogP contribution >= 0.6 is 0 Å². The minimum atomic E-state index is -1.43. The molecule has 0 aliphatic carbocycles. The van der Waals surface area contributed by atoms with Gasteiger partial charge in [0.15, 0.2) is 0 Å². The fraction of sp³-hybridized carbons (Fsp3) is 0.0968. The molecule has 1 amide bonds. The molecule has 0 saturated heterocycles. The highest BCUT2D eigenvalue weighted by molar-refractivity contribution is 7.85. The van der Waals surface area contributed by atoms with Crippen LogP contribution in [-0.4, -0.2) is 35.5 Å². The molecule has 1 unspecified atom stereocenters. The number of furan rings is 1. The molecule has 212 valence electrons. The molecule has 2 aromatic heterocycles. The second-order valence-corrected chi connectivity index (χ2v) is 10.9. The van der Waals surface area contributed by atoms with E-state index < -0.39 is 22.7 Å². The van der Waals surface area contributed by atoms with Gasteiger partial charge in [-0.1, -0.05) is 6.07 Å². The number of benzene rings is 3. The molecule has 11 heteroatoms. The van der Waals surface area contributed by atoms with Crippen LogP contribution in [0.1, 0.15) is 27.2 Å². The second-order valence-electron chi connectivity index (χ2n) is 9.46. The molecule has 6 N–H and O–H groups in total. The molecule has 0 fully saturated rings. The van der Waals surface area contributed by atoms with Crippen molar-refractivity contribution < 1.29 is 17.8 Å². The zero-order valence-corrected chi connectivity index (χ0v) is 23.8. The number of carbonyl (C=O) groups excluding carboxylic acids is 1. The van der Waals surface area contributed by atoms with Crippen molar-refractivity contribution in [3.63, 3.8) is 0 Å². The Bertz CT molecular complexity index is 1980. The van der Waals surface area contributed by atoms with Crippen LogP contribution in [-0.2, 0) is 11.0 Å². The fourth-order valence-electron chi connectivity index (χ4n) is 4.79. The van der Waals surface area contributed by atoms with Gasteiger partial charge in [-0.3, -0.25) is 9.10 Å². The van der Waals surface area contributed by atoms with Crippen molar-refractivity contribution in [2.45, 2.75) is 0 Å². The highest BCUT2D eigenvalue weighted by Gasteiger charge is 2.25. The largest absolute Gasteiger partial charge is 0.455 e. The Hall–Kier alpha value is -5.34. The lowest BCUT2D eigenvalue weighted by molar-refractivity contribution is 0.0964. The summed E-state index contributed by atoms with van der Waals surface area (Å²) in [5.41, 5.74) is 17.5. The van der Waals surface area contributed by atoms with E-state index >= 15 is 0 Å². The summed E-state index contributed by atoms with van der Waals surface area (Å²) in [6.45, 7) is 0. The van der Waals surface area contributed by atoms with E-state index in [9.17, 15) is 18.7 Å². The van der Waals surface area contributed by atoms with Crippen LogP contribution in [0, 0.1) is 17.1 Å². The maximum atomic E-state index is 13.7. The van der Waals surface area contributed by atoms with Crippen LogP contribution in [0.4, 0.5) is 10.1 Å². The molecule has 0 aliphatic rings. The van der Waals surface area contributed by atoms with Gasteiger partial charge in [-0.15, -0.1) is 0 Å². The summed E-state index contributed by atoms with van der Waals surface area (Å²) in [7, 11) is 1.74. The van der Waals surface area contributed by atoms with Gasteiger partial charge < -0.3 is 26.2 Å². The van der Waals surface area contributed by atoms with E-state index in [0.29, 0.717) is 50.3 Å². The van der Waals surface area contributed by atoms with Gasteiger partial charge in [0.2, 0.25) is 0 Å². The first kappa shape index (κ1) is 28.2. The number of nitrogens with one attached hydrogen (secondary N) is 2. The third kappa shape index (κ3) is 5.00. The third-order valence-corrected chi connectivity index (χ3v) is 7.96. The molecule has 42 heavy (non-hydrogen) atoms. The predicted octanol–water partition coefficient (Wildman–Crippen LogP) is 4.98. The first-order valence-electron chi connectivity index (χ1n) is 12.7. The van der Waals surface area contributed by atoms with Crippen molar-refractivity contribution in [1.82, 2.24) is 10.3 Å². The van der Waals surface area contributed by atoms with Gasteiger partial charge in [0, 0.05) is 65.6 Å². The van der Waals surface area contributed by atoms with Gasteiger partial charge in [0.25, 0.3) is 5.91 Å². The van der Waals surface area contributed by atoms with Gasteiger partial charge >= 0.3 is 0 Å². The normalized spacial score (nSPS) is 12.8. The van der Waals surface area contributed by atoms with Crippen molar-refractivity contribution in [1.29, 1.82) is 5.26 Å². The molecule has 0 spiro atoms. The molecule has 0 aliphatic heterocycles. The summed E-state index contributed by atoms with van der Waals surface area (Å²) in [4.78, 5) is 16.4. The van der Waals surface area contributed by atoms with E-state index in [1.54, 1.807) is 47.8 Å². The number of rotatable bonds is 7. The molecule has 2 heterocycles. The van der Waals surface area contributed by atoms with Crippen molar-refractivity contribution in [3.05, 3.63) is 101 Å². The van der Waals surface area contributed by atoms with Crippen molar-refractivity contribution in [2.75, 3.05) is 24.7 Å². The van der Waals surface area contributed by atoms with Crippen LogP contribution in [0.25, 0.3) is 44.5 Å². The lowest BCUT2D eigenvalue weighted by Gasteiger charge is -2.20. The van der Waals surface area contributed by atoms with Crippen LogP contribution in [0.3, 0.4) is 0 Å². The Morgan fingerprint density at radius 3 is 2.55 bits per heavy atom. The number of nitriles is 1. The zero-order valence-electron chi connectivity index (χ0n) is 23.0. The summed E-state index contributed by atoms with van der Waals surface area (Å²) >= 11 is 0. The average molecular weight is 583 g/mol. The average Bonchev–Trinajstić information content (AvgIpc) is 3.60.